The van der Waals surface area contributed by atoms with E-state index in [2.05, 4.69) is 11.4 Å². The summed E-state index contributed by atoms with van der Waals surface area (Å²) in [5, 5.41) is 3.50. The first-order valence-corrected chi connectivity index (χ1v) is 6.24. The molecule has 92 valence electrons. The Bertz CT molecular complexity index is 432. The molecule has 1 aromatic rings. The third-order valence-electron chi connectivity index (χ3n) is 2.90. The maximum absolute atomic E-state index is 10.7. The standard InChI is InChI=1S/C13H16ClNO2/c1-9(16)15-7-2-3-10-4-5-12(14)13-11(10)6-8-17-13/h4-5H,2-3,6-8H2,1H3,(H,15,16). The van der Waals surface area contributed by atoms with Gasteiger partial charge in [-0.3, -0.25) is 4.79 Å². The molecule has 1 amide bonds. The molecule has 0 radical (unpaired) electrons. The van der Waals surface area contributed by atoms with Crippen LogP contribution in [0.4, 0.5) is 0 Å². The van der Waals surface area contributed by atoms with Gasteiger partial charge < -0.3 is 10.1 Å². The van der Waals surface area contributed by atoms with E-state index >= 15 is 0 Å². The molecule has 1 aliphatic heterocycles. The van der Waals surface area contributed by atoms with E-state index in [1.807, 2.05) is 6.07 Å². The molecule has 1 aromatic carbocycles. The first-order valence-electron chi connectivity index (χ1n) is 5.86. The topological polar surface area (TPSA) is 38.3 Å². The largest absolute Gasteiger partial charge is 0.491 e. The van der Waals surface area contributed by atoms with Gasteiger partial charge in [0.2, 0.25) is 5.91 Å². The zero-order chi connectivity index (χ0) is 12.3. The molecule has 3 nitrogen and oxygen atoms in total. The second-order valence-electron chi connectivity index (χ2n) is 4.20. The van der Waals surface area contributed by atoms with Crippen molar-refractivity contribution in [3.05, 3.63) is 28.3 Å². The number of halogens is 1. The summed E-state index contributed by atoms with van der Waals surface area (Å²) in [6.45, 7) is 2.97. The van der Waals surface area contributed by atoms with Gasteiger partial charge in [0.1, 0.15) is 5.75 Å². The minimum atomic E-state index is 0.0228. The fraction of sp³-hybridized carbons (Fsp3) is 0.462. The molecule has 0 aromatic heterocycles. The summed E-state index contributed by atoms with van der Waals surface area (Å²) in [6.07, 6.45) is 2.82. The molecule has 0 unspecified atom stereocenters. The van der Waals surface area contributed by atoms with Gasteiger partial charge in [-0.05, 0) is 24.5 Å². The number of aryl methyl sites for hydroxylation is 1. The zero-order valence-corrected chi connectivity index (χ0v) is 10.6. The Morgan fingerprint density at radius 1 is 1.53 bits per heavy atom. The lowest BCUT2D eigenvalue weighted by molar-refractivity contribution is -0.118. The lowest BCUT2D eigenvalue weighted by atomic mass is 10.0. The summed E-state index contributed by atoms with van der Waals surface area (Å²) in [5.41, 5.74) is 2.52. The number of amides is 1. The van der Waals surface area contributed by atoms with Crippen molar-refractivity contribution >= 4 is 17.5 Å². The summed E-state index contributed by atoms with van der Waals surface area (Å²) >= 11 is 6.06. The predicted octanol–water partition coefficient (Wildman–Crippen LogP) is 2.34. The predicted molar refractivity (Wildman–Crippen MR) is 67.7 cm³/mol. The quantitative estimate of drug-likeness (QED) is 0.837. The fourth-order valence-electron chi connectivity index (χ4n) is 2.10. The Morgan fingerprint density at radius 2 is 2.35 bits per heavy atom. The van der Waals surface area contributed by atoms with Crippen molar-refractivity contribution in [2.24, 2.45) is 0 Å². The van der Waals surface area contributed by atoms with Gasteiger partial charge in [0, 0.05) is 25.5 Å². The first kappa shape index (κ1) is 12.2. The van der Waals surface area contributed by atoms with E-state index in [0.717, 1.165) is 31.6 Å². The van der Waals surface area contributed by atoms with Crippen molar-refractivity contribution in [3.8, 4) is 5.75 Å². The van der Waals surface area contributed by atoms with E-state index in [9.17, 15) is 4.79 Å². The van der Waals surface area contributed by atoms with Gasteiger partial charge in [-0.1, -0.05) is 17.7 Å². The molecule has 0 fully saturated rings. The molecule has 0 aliphatic carbocycles. The van der Waals surface area contributed by atoms with Crippen molar-refractivity contribution in [3.63, 3.8) is 0 Å². The number of nitrogens with one attached hydrogen (secondary N) is 1. The van der Waals surface area contributed by atoms with E-state index in [-0.39, 0.29) is 5.91 Å². The summed E-state index contributed by atoms with van der Waals surface area (Å²) < 4.78 is 5.51. The number of carbonyl (C=O) groups is 1. The lowest BCUT2D eigenvalue weighted by Crippen LogP contribution is -2.21. The third-order valence-corrected chi connectivity index (χ3v) is 3.20. The fourth-order valence-corrected chi connectivity index (χ4v) is 2.33. The van der Waals surface area contributed by atoms with Crippen molar-refractivity contribution < 1.29 is 9.53 Å². The molecule has 1 N–H and O–H groups in total. The zero-order valence-electron chi connectivity index (χ0n) is 9.88. The van der Waals surface area contributed by atoms with E-state index < -0.39 is 0 Å². The summed E-state index contributed by atoms with van der Waals surface area (Å²) in [7, 11) is 0. The van der Waals surface area contributed by atoms with Crippen LogP contribution in [0.2, 0.25) is 5.02 Å². The van der Waals surface area contributed by atoms with Crippen LogP contribution < -0.4 is 10.1 Å². The second kappa shape index (κ2) is 5.41. The summed E-state index contributed by atoms with van der Waals surface area (Å²) in [5.74, 6) is 0.873. The Balaban J connectivity index is 1.98. The normalized spacial score (nSPS) is 13.1. The number of ether oxygens (including phenoxy) is 1. The van der Waals surface area contributed by atoms with Gasteiger partial charge in [0.05, 0.1) is 11.6 Å². The van der Waals surface area contributed by atoms with Crippen LogP contribution in [0.25, 0.3) is 0 Å². The monoisotopic (exact) mass is 253 g/mol. The van der Waals surface area contributed by atoms with Crippen molar-refractivity contribution in [1.29, 1.82) is 0 Å². The molecule has 1 heterocycles. The van der Waals surface area contributed by atoms with Crippen molar-refractivity contribution in [2.75, 3.05) is 13.2 Å². The van der Waals surface area contributed by atoms with Gasteiger partial charge in [0.15, 0.2) is 0 Å². The van der Waals surface area contributed by atoms with Crippen LogP contribution in [-0.2, 0) is 17.6 Å². The van der Waals surface area contributed by atoms with Gasteiger partial charge >= 0.3 is 0 Å². The highest BCUT2D eigenvalue weighted by molar-refractivity contribution is 6.32. The highest BCUT2D eigenvalue weighted by Crippen LogP contribution is 2.36. The van der Waals surface area contributed by atoms with Gasteiger partial charge in [0.25, 0.3) is 0 Å². The Morgan fingerprint density at radius 3 is 3.12 bits per heavy atom. The van der Waals surface area contributed by atoms with E-state index in [1.54, 1.807) is 0 Å². The summed E-state index contributed by atoms with van der Waals surface area (Å²) in [4.78, 5) is 10.7. The van der Waals surface area contributed by atoms with Crippen LogP contribution in [0, 0.1) is 0 Å². The van der Waals surface area contributed by atoms with Crippen LogP contribution in [0.1, 0.15) is 24.5 Å². The molecule has 17 heavy (non-hydrogen) atoms. The van der Waals surface area contributed by atoms with Gasteiger partial charge in [-0.25, -0.2) is 0 Å². The first-order chi connectivity index (χ1) is 8.18. The Kier molecular flexibility index (Phi) is 3.89. The molecular weight excluding hydrogens is 238 g/mol. The molecule has 0 atom stereocenters. The third kappa shape index (κ3) is 2.91. The number of hydrogen-bond donors (Lipinski definition) is 1. The number of benzene rings is 1. The Hall–Kier alpha value is -1.22. The van der Waals surface area contributed by atoms with Crippen LogP contribution in [0.5, 0.6) is 5.75 Å². The molecule has 0 bridgehead atoms. The van der Waals surface area contributed by atoms with E-state index in [0.29, 0.717) is 11.6 Å². The van der Waals surface area contributed by atoms with Crippen molar-refractivity contribution in [1.82, 2.24) is 5.32 Å². The van der Waals surface area contributed by atoms with Gasteiger partial charge in [-0.15, -0.1) is 0 Å². The molecule has 0 spiro atoms. The molecule has 4 heteroatoms. The maximum atomic E-state index is 10.7. The maximum Gasteiger partial charge on any atom is 0.216 e. The second-order valence-corrected chi connectivity index (χ2v) is 4.61. The Labute approximate surface area is 106 Å². The van der Waals surface area contributed by atoms with E-state index in [1.165, 1.54) is 18.1 Å². The highest BCUT2D eigenvalue weighted by Gasteiger charge is 2.18. The highest BCUT2D eigenvalue weighted by atomic mass is 35.5. The number of hydrogen-bond acceptors (Lipinski definition) is 2. The molecule has 1 aliphatic rings. The molecule has 2 rings (SSSR count). The average molecular weight is 254 g/mol. The molecule has 0 saturated carbocycles. The van der Waals surface area contributed by atoms with Crippen LogP contribution in [-0.4, -0.2) is 19.1 Å². The van der Waals surface area contributed by atoms with Gasteiger partial charge in [-0.2, -0.15) is 0 Å². The smallest absolute Gasteiger partial charge is 0.216 e. The van der Waals surface area contributed by atoms with Crippen LogP contribution in [0.3, 0.4) is 0 Å². The van der Waals surface area contributed by atoms with Crippen molar-refractivity contribution in [2.45, 2.75) is 26.2 Å². The number of rotatable bonds is 4. The molecular formula is C13H16ClNO2. The number of carbonyl (C=O) groups excluding carboxylic acids is 1. The summed E-state index contributed by atoms with van der Waals surface area (Å²) in [6, 6.07) is 3.95. The van der Waals surface area contributed by atoms with Crippen LogP contribution in [0.15, 0.2) is 12.1 Å². The number of fused-ring (bicyclic) bond motifs is 1. The molecule has 0 saturated heterocycles. The SMILES string of the molecule is CC(=O)NCCCc1ccc(Cl)c2c1CCO2. The van der Waals surface area contributed by atoms with E-state index in [4.69, 9.17) is 16.3 Å². The van der Waals surface area contributed by atoms with Crippen LogP contribution >= 0.6 is 11.6 Å². The minimum absolute atomic E-state index is 0.0228. The average Bonchev–Trinajstić information content (AvgIpc) is 2.76. The minimum Gasteiger partial charge on any atom is -0.491 e. The lowest BCUT2D eigenvalue weighted by Gasteiger charge is -2.08.